The van der Waals surface area contributed by atoms with Crippen molar-refractivity contribution in [3.8, 4) is 17.0 Å². The third-order valence-corrected chi connectivity index (χ3v) is 9.73. The molecule has 44 heavy (non-hydrogen) atoms. The predicted molar refractivity (Wildman–Crippen MR) is 168 cm³/mol. The molecule has 1 aromatic heterocycles. The Kier molecular flexibility index (Phi) is 8.85. The van der Waals surface area contributed by atoms with Crippen molar-refractivity contribution in [1.29, 1.82) is 0 Å². The van der Waals surface area contributed by atoms with Gasteiger partial charge in [0.05, 0.1) is 18.8 Å². The highest BCUT2D eigenvalue weighted by Crippen LogP contribution is 2.47. The second-order valence-corrected chi connectivity index (χ2v) is 13.4. The second kappa shape index (κ2) is 12.4. The van der Waals surface area contributed by atoms with Crippen LogP contribution in [0, 0.1) is 0 Å². The molecule has 2 amide bonds. The van der Waals surface area contributed by atoms with Crippen LogP contribution in [0.2, 0.25) is 0 Å². The second-order valence-electron chi connectivity index (χ2n) is 11.5. The molecule has 2 aliphatic rings. The fourth-order valence-corrected chi connectivity index (χ4v) is 6.76. The molecule has 11 nitrogen and oxygen atoms in total. The van der Waals surface area contributed by atoms with Gasteiger partial charge in [0.15, 0.2) is 0 Å². The maximum Gasteiger partial charge on any atom is 0.323 e. The molecule has 1 aliphatic carbocycles. The number of fused-ring (bicyclic) bond motifs is 5. The lowest BCUT2D eigenvalue weighted by atomic mass is 9.81. The van der Waals surface area contributed by atoms with Gasteiger partial charge in [-0.3, -0.25) is 14.4 Å². The standard InChI is InChI=1S/C32H38N4O7S/c1-5-43-24-12-14-25-22(16-24)15-23(32(40)35(4)19-28(37)38)18-36-27-17-21(31(39)33-44(41,42)34(2)3)11-13-26(27)29(30(25)36)20-9-7-6-8-10-20/h11-17,20H,5-10,18-19H2,1-4H3,(H,33,39)(H,37,38). The van der Waals surface area contributed by atoms with E-state index in [1.165, 1.54) is 32.5 Å². The molecule has 3 aromatic rings. The number of carbonyl (C=O) groups is 3. The van der Waals surface area contributed by atoms with Crippen LogP contribution in [0.4, 0.5) is 0 Å². The van der Waals surface area contributed by atoms with Crippen LogP contribution in [0.25, 0.3) is 28.2 Å². The van der Waals surface area contributed by atoms with Crippen LogP contribution in [0.15, 0.2) is 42.0 Å². The van der Waals surface area contributed by atoms with Crippen molar-refractivity contribution in [2.45, 2.75) is 51.5 Å². The lowest BCUT2D eigenvalue weighted by molar-refractivity contribution is -0.142. The number of amides is 2. The van der Waals surface area contributed by atoms with E-state index in [2.05, 4.69) is 4.72 Å². The van der Waals surface area contributed by atoms with Crippen LogP contribution in [0.1, 0.15) is 66.4 Å². The van der Waals surface area contributed by atoms with Crippen LogP contribution in [0.5, 0.6) is 5.75 Å². The number of carboxylic acid groups (broad SMARTS) is 1. The first-order valence-electron chi connectivity index (χ1n) is 14.8. The van der Waals surface area contributed by atoms with Gasteiger partial charge in [-0.1, -0.05) is 25.3 Å². The van der Waals surface area contributed by atoms with E-state index in [4.69, 9.17) is 4.74 Å². The zero-order valence-corrected chi connectivity index (χ0v) is 26.2. The van der Waals surface area contributed by atoms with Crippen LogP contribution in [-0.4, -0.2) is 79.4 Å². The highest BCUT2D eigenvalue weighted by Gasteiger charge is 2.31. The van der Waals surface area contributed by atoms with Crippen molar-refractivity contribution in [3.05, 3.63) is 58.7 Å². The van der Waals surface area contributed by atoms with Crippen LogP contribution >= 0.6 is 0 Å². The molecule has 0 atom stereocenters. The van der Waals surface area contributed by atoms with Crippen molar-refractivity contribution in [2.24, 2.45) is 0 Å². The SMILES string of the molecule is CCOc1ccc2c(c1)C=C(C(=O)N(C)CC(=O)O)Cn1c-2c(C2CCCCC2)c2ccc(C(=O)NS(=O)(=O)N(C)C)cc21. The van der Waals surface area contributed by atoms with E-state index < -0.39 is 34.5 Å². The van der Waals surface area contributed by atoms with Crippen molar-refractivity contribution < 1.29 is 32.6 Å². The molecule has 0 spiro atoms. The minimum absolute atomic E-state index is 0.126. The van der Waals surface area contributed by atoms with E-state index in [9.17, 15) is 27.9 Å². The smallest absolute Gasteiger partial charge is 0.323 e. The summed E-state index contributed by atoms with van der Waals surface area (Å²) in [6, 6.07) is 11.0. The summed E-state index contributed by atoms with van der Waals surface area (Å²) in [6.45, 7) is 2.03. The van der Waals surface area contributed by atoms with E-state index in [-0.39, 0.29) is 18.0 Å². The minimum Gasteiger partial charge on any atom is -0.494 e. The van der Waals surface area contributed by atoms with Gasteiger partial charge in [-0.05, 0) is 73.2 Å². The first kappa shape index (κ1) is 31.3. The van der Waals surface area contributed by atoms with E-state index in [1.54, 1.807) is 18.2 Å². The van der Waals surface area contributed by atoms with Gasteiger partial charge in [0.1, 0.15) is 12.3 Å². The number of aromatic nitrogens is 1. The molecule has 0 bridgehead atoms. The molecule has 0 unspecified atom stereocenters. The van der Waals surface area contributed by atoms with Gasteiger partial charge in [0, 0.05) is 48.7 Å². The Labute approximate surface area is 257 Å². The van der Waals surface area contributed by atoms with Crippen LogP contribution in [0.3, 0.4) is 0 Å². The van der Waals surface area contributed by atoms with Crippen molar-refractivity contribution >= 4 is 45.0 Å². The number of likely N-dealkylation sites (N-methyl/N-ethyl adjacent to an activating group) is 1. The fourth-order valence-electron chi connectivity index (χ4n) is 6.23. The van der Waals surface area contributed by atoms with Gasteiger partial charge in [0.2, 0.25) is 0 Å². The molecule has 1 saturated carbocycles. The first-order chi connectivity index (χ1) is 20.9. The van der Waals surface area contributed by atoms with Gasteiger partial charge < -0.3 is 19.3 Å². The molecule has 12 heteroatoms. The molecule has 0 radical (unpaired) electrons. The Hall–Kier alpha value is -4.16. The number of ether oxygens (including phenoxy) is 1. The third kappa shape index (κ3) is 6.09. The maximum absolute atomic E-state index is 13.7. The Balaban J connectivity index is 1.75. The molecule has 2 N–H and O–H groups in total. The number of hydrogen-bond donors (Lipinski definition) is 2. The number of nitrogens with one attached hydrogen (secondary N) is 1. The summed E-state index contributed by atoms with van der Waals surface area (Å²) in [7, 11) is 0.112. The number of carboxylic acids is 1. The molecular weight excluding hydrogens is 584 g/mol. The largest absolute Gasteiger partial charge is 0.494 e. The number of hydrogen-bond acceptors (Lipinski definition) is 6. The van der Waals surface area contributed by atoms with Gasteiger partial charge >= 0.3 is 16.2 Å². The highest BCUT2D eigenvalue weighted by molar-refractivity contribution is 7.87. The number of aliphatic carboxylic acids is 1. The maximum atomic E-state index is 13.7. The Morgan fingerprint density at radius 2 is 1.77 bits per heavy atom. The van der Waals surface area contributed by atoms with E-state index in [1.807, 2.05) is 35.8 Å². The number of rotatable bonds is 9. The lowest BCUT2D eigenvalue weighted by Crippen LogP contribution is -2.39. The summed E-state index contributed by atoms with van der Waals surface area (Å²) in [5.41, 5.74) is 4.97. The number of nitrogens with zero attached hydrogens (tertiary/aromatic N) is 3. The van der Waals surface area contributed by atoms with Crippen LogP contribution in [-0.2, 0) is 26.3 Å². The highest BCUT2D eigenvalue weighted by atomic mass is 32.2. The molecule has 234 valence electrons. The molecule has 5 rings (SSSR count). The lowest BCUT2D eigenvalue weighted by Gasteiger charge is -2.24. The molecular formula is C32H38N4O7S. The monoisotopic (exact) mass is 622 g/mol. The Morgan fingerprint density at radius 1 is 1.05 bits per heavy atom. The summed E-state index contributed by atoms with van der Waals surface area (Å²) in [6.07, 6.45) is 7.15. The van der Waals surface area contributed by atoms with Crippen molar-refractivity contribution in [2.75, 3.05) is 34.3 Å². The fraction of sp³-hybridized carbons (Fsp3) is 0.406. The quantitative estimate of drug-likeness (QED) is 0.364. The summed E-state index contributed by atoms with van der Waals surface area (Å²) in [5, 5.41) is 10.3. The van der Waals surface area contributed by atoms with Gasteiger partial charge in [-0.25, -0.2) is 4.72 Å². The Bertz CT molecular complexity index is 1770. The van der Waals surface area contributed by atoms with E-state index in [0.29, 0.717) is 23.4 Å². The van der Waals surface area contributed by atoms with E-state index >= 15 is 0 Å². The molecule has 2 aromatic carbocycles. The van der Waals surface area contributed by atoms with Crippen molar-refractivity contribution in [3.63, 3.8) is 0 Å². The van der Waals surface area contributed by atoms with Crippen LogP contribution < -0.4 is 9.46 Å². The molecule has 2 heterocycles. The summed E-state index contributed by atoms with van der Waals surface area (Å²) in [5.74, 6) is -1.41. The zero-order valence-electron chi connectivity index (χ0n) is 25.4. The first-order valence-corrected chi connectivity index (χ1v) is 16.2. The van der Waals surface area contributed by atoms with Gasteiger partial charge in [-0.15, -0.1) is 0 Å². The molecule has 0 saturated heterocycles. The number of carbonyl (C=O) groups excluding carboxylic acids is 2. The Morgan fingerprint density at radius 3 is 2.43 bits per heavy atom. The summed E-state index contributed by atoms with van der Waals surface area (Å²) < 4.78 is 35.7. The minimum atomic E-state index is -4.01. The average Bonchev–Trinajstić information content (AvgIpc) is 3.19. The zero-order chi connectivity index (χ0) is 31.8. The molecule has 1 fully saturated rings. The van der Waals surface area contributed by atoms with Crippen molar-refractivity contribution in [1.82, 2.24) is 18.5 Å². The summed E-state index contributed by atoms with van der Waals surface area (Å²) >= 11 is 0. The normalized spacial score (nSPS) is 15.2. The van der Waals surface area contributed by atoms with E-state index in [0.717, 1.165) is 57.8 Å². The van der Waals surface area contributed by atoms with Gasteiger partial charge in [-0.2, -0.15) is 12.7 Å². The predicted octanol–water partition coefficient (Wildman–Crippen LogP) is 4.23. The molecule has 1 aliphatic heterocycles. The average molecular weight is 623 g/mol. The third-order valence-electron chi connectivity index (χ3n) is 8.32. The van der Waals surface area contributed by atoms with Gasteiger partial charge in [0.25, 0.3) is 11.8 Å². The summed E-state index contributed by atoms with van der Waals surface area (Å²) in [4.78, 5) is 39.4. The number of benzene rings is 2. The topological polar surface area (TPSA) is 138 Å².